The smallest absolute Gasteiger partial charge is 0.0716 e. The maximum absolute atomic E-state index is 5.18. The average molecular weight is 206 g/mol. The van der Waals surface area contributed by atoms with Gasteiger partial charge in [-0.05, 0) is 11.1 Å². The van der Waals surface area contributed by atoms with Gasteiger partial charge in [-0.25, -0.2) is 0 Å². The van der Waals surface area contributed by atoms with Crippen LogP contribution in [0.2, 0.25) is 0 Å². The molecule has 2 N–H and O–H groups in total. The molecule has 1 heterocycles. The largest absolute Gasteiger partial charge is 0.380 e. The van der Waals surface area contributed by atoms with E-state index in [4.69, 9.17) is 4.74 Å². The molecule has 0 amide bonds. The van der Waals surface area contributed by atoms with Gasteiger partial charge >= 0.3 is 0 Å². The Morgan fingerprint density at radius 3 is 2.67 bits per heavy atom. The Hall–Kier alpha value is -0.900. The fraction of sp³-hybridized carbons (Fsp3) is 0.500. The highest BCUT2D eigenvalue weighted by Crippen LogP contribution is 2.10. The Labute approximate surface area is 90.8 Å². The zero-order valence-corrected chi connectivity index (χ0v) is 9.12. The fourth-order valence-corrected chi connectivity index (χ4v) is 1.71. The molecule has 1 aromatic carbocycles. The second kappa shape index (κ2) is 5.26. The van der Waals surface area contributed by atoms with Crippen LogP contribution in [0.5, 0.6) is 0 Å². The van der Waals surface area contributed by atoms with E-state index < -0.39 is 0 Å². The van der Waals surface area contributed by atoms with Crippen LogP contribution in [0.15, 0.2) is 24.3 Å². The highest BCUT2D eigenvalue weighted by Gasteiger charge is 2.15. The van der Waals surface area contributed by atoms with E-state index in [1.807, 2.05) is 0 Å². The molecule has 3 nitrogen and oxygen atoms in total. The van der Waals surface area contributed by atoms with Crippen LogP contribution < -0.4 is 10.6 Å². The first-order valence-electron chi connectivity index (χ1n) is 5.40. The number of nitrogens with one attached hydrogen (secondary N) is 2. The molecule has 0 radical (unpaired) electrons. The molecule has 1 aromatic rings. The Bertz CT molecular complexity index is 310. The van der Waals surface area contributed by atoms with E-state index in [0.29, 0.717) is 12.6 Å². The van der Waals surface area contributed by atoms with E-state index in [2.05, 4.69) is 34.9 Å². The van der Waals surface area contributed by atoms with Gasteiger partial charge in [0, 0.05) is 32.8 Å². The summed E-state index contributed by atoms with van der Waals surface area (Å²) in [7, 11) is 1.74. The zero-order valence-electron chi connectivity index (χ0n) is 9.12. The van der Waals surface area contributed by atoms with E-state index >= 15 is 0 Å². The first kappa shape index (κ1) is 10.6. The van der Waals surface area contributed by atoms with Crippen LogP contribution in [0.25, 0.3) is 0 Å². The summed E-state index contributed by atoms with van der Waals surface area (Å²) in [6.07, 6.45) is 0. The van der Waals surface area contributed by atoms with E-state index in [9.17, 15) is 0 Å². The molecular weight excluding hydrogens is 188 g/mol. The van der Waals surface area contributed by atoms with Gasteiger partial charge in [0.2, 0.25) is 0 Å². The second-order valence-corrected chi connectivity index (χ2v) is 3.94. The van der Waals surface area contributed by atoms with E-state index in [1.54, 1.807) is 7.11 Å². The molecule has 0 spiro atoms. The Morgan fingerprint density at radius 1 is 1.33 bits per heavy atom. The van der Waals surface area contributed by atoms with Crippen molar-refractivity contribution in [3.05, 3.63) is 35.4 Å². The van der Waals surface area contributed by atoms with Crippen LogP contribution in [0.4, 0.5) is 0 Å². The monoisotopic (exact) mass is 206 g/mol. The van der Waals surface area contributed by atoms with Gasteiger partial charge in [0.05, 0.1) is 6.61 Å². The number of methoxy groups -OCH3 is 1. The summed E-state index contributed by atoms with van der Waals surface area (Å²) in [5.74, 6) is 0. The number of hydrogen-bond acceptors (Lipinski definition) is 3. The van der Waals surface area contributed by atoms with E-state index in [0.717, 1.165) is 19.6 Å². The molecule has 1 aliphatic heterocycles. The van der Waals surface area contributed by atoms with Crippen LogP contribution >= 0.6 is 0 Å². The van der Waals surface area contributed by atoms with Gasteiger partial charge in [0.1, 0.15) is 0 Å². The molecule has 1 aliphatic rings. The third-order valence-corrected chi connectivity index (χ3v) is 2.78. The minimum atomic E-state index is 0.639. The lowest BCUT2D eigenvalue weighted by molar-refractivity contribution is 0.184. The van der Waals surface area contributed by atoms with Crippen molar-refractivity contribution in [2.45, 2.75) is 19.2 Å². The van der Waals surface area contributed by atoms with Gasteiger partial charge in [0.15, 0.2) is 0 Å². The summed E-state index contributed by atoms with van der Waals surface area (Å²) in [5.41, 5.74) is 2.62. The van der Waals surface area contributed by atoms with Crippen LogP contribution in [0, 0.1) is 0 Å². The topological polar surface area (TPSA) is 33.3 Å². The average Bonchev–Trinajstić information content (AvgIpc) is 2.18. The highest BCUT2D eigenvalue weighted by molar-refractivity contribution is 5.26. The van der Waals surface area contributed by atoms with Crippen LogP contribution in [0.3, 0.4) is 0 Å². The van der Waals surface area contributed by atoms with Crippen molar-refractivity contribution in [3.8, 4) is 0 Å². The maximum Gasteiger partial charge on any atom is 0.0716 e. The third kappa shape index (κ3) is 2.78. The maximum atomic E-state index is 5.18. The lowest BCUT2D eigenvalue weighted by atomic mass is 10.1. The Kier molecular flexibility index (Phi) is 3.72. The minimum Gasteiger partial charge on any atom is -0.380 e. The van der Waals surface area contributed by atoms with Crippen molar-refractivity contribution < 1.29 is 4.74 Å². The van der Waals surface area contributed by atoms with Gasteiger partial charge in [-0.2, -0.15) is 0 Å². The molecule has 1 fully saturated rings. The van der Waals surface area contributed by atoms with Gasteiger partial charge < -0.3 is 15.4 Å². The van der Waals surface area contributed by atoms with Gasteiger partial charge in [-0.1, -0.05) is 24.3 Å². The van der Waals surface area contributed by atoms with Crippen LogP contribution in [0.1, 0.15) is 11.1 Å². The van der Waals surface area contributed by atoms with E-state index in [1.165, 1.54) is 11.1 Å². The molecule has 3 heteroatoms. The third-order valence-electron chi connectivity index (χ3n) is 2.78. The van der Waals surface area contributed by atoms with Crippen molar-refractivity contribution in [2.75, 3.05) is 20.2 Å². The van der Waals surface area contributed by atoms with E-state index in [-0.39, 0.29) is 0 Å². The van der Waals surface area contributed by atoms with Gasteiger partial charge in [-0.3, -0.25) is 0 Å². The Balaban J connectivity index is 1.92. The summed E-state index contributed by atoms with van der Waals surface area (Å²) in [6.45, 7) is 3.81. The summed E-state index contributed by atoms with van der Waals surface area (Å²) in [6, 6.07) is 9.06. The molecule has 82 valence electrons. The predicted octanol–water partition coefficient (Wildman–Crippen LogP) is 0.894. The molecule has 0 atom stereocenters. The van der Waals surface area contributed by atoms with Crippen molar-refractivity contribution in [2.24, 2.45) is 0 Å². The molecule has 0 aromatic heterocycles. The first-order valence-corrected chi connectivity index (χ1v) is 5.40. The summed E-state index contributed by atoms with van der Waals surface area (Å²) >= 11 is 0. The lowest BCUT2D eigenvalue weighted by Crippen LogP contribution is -2.55. The second-order valence-electron chi connectivity index (χ2n) is 3.94. The molecular formula is C12H18N2O. The first-order chi connectivity index (χ1) is 7.40. The summed E-state index contributed by atoms with van der Waals surface area (Å²) < 4.78 is 5.18. The molecule has 15 heavy (non-hydrogen) atoms. The lowest BCUT2D eigenvalue weighted by Gasteiger charge is -2.28. The summed E-state index contributed by atoms with van der Waals surface area (Å²) in [4.78, 5) is 0. The SMILES string of the molecule is COCc1ccccc1CNC1CNC1. The number of hydrogen-bond donors (Lipinski definition) is 2. The highest BCUT2D eigenvalue weighted by atomic mass is 16.5. The number of benzene rings is 1. The van der Waals surface area contributed by atoms with Crippen molar-refractivity contribution in [3.63, 3.8) is 0 Å². The summed E-state index contributed by atoms with van der Waals surface area (Å²) in [5, 5.41) is 6.77. The quantitative estimate of drug-likeness (QED) is 0.751. The molecule has 0 unspecified atom stereocenters. The van der Waals surface area contributed by atoms with Gasteiger partial charge in [0.25, 0.3) is 0 Å². The molecule has 2 rings (SSSR count). The van der Waals surface area contributed by atoms with Crippen molar-refractivity contribution in [1.29, 1.82) is 0 Å². The zero-order chi connectivity index (χ0) is 10.5. The number of rotatable bonds is 5. The fourth-order valence-electron chi connectivity index (χ4n) is 1.71. The normalized spacial score (nSPS) is 16.3. The molecule has 0 bridgehead atoms. The molecule has 0 aliphatic carbocycles. The van der Waals surface area contributed by atoms with Crippen LogP contribution in [-0.4, -0.2) is 26.2 Å². The van der Waals surface area contributed by atoms with Crippen LogP contribution in [-0.2, 0) is 17.9 Å². The van der Waals surface area contributed by atoms with Gasteiger partial charge in [-0.15, -0.1) is 0 Å². The number of ether oxygens (including phenoxy) is 1. The van der Waals surface area contributed by atoms with Crippen molar-refractivity contribution in [1.82, 2.24) is 10.6 Å². The van der Waals surface area contributed by atoms with Crippen molar-refractivity contribution >= 4 is 0 Å². The predicted molar refractivity (Wildman–Crippen MR) is 60.7 cm³/mol. The molecule has 1 saturated heterocycles. The minimum absolute atomic E-state index is 0.639. The Morgan fingerprint density at radius 2 is 2.07 bits per heavy atom. The standard InChI is InChI=1S/C12H18N2O/c1-15-9-11-5-3-2-4-10(11)6-14-12-7-13-8-12/h2-5,12-14H,6-9H2,1H3. The molecule has 0 saturated carbocycles.